The quantitative estimate of drug-likeness (QED) is 0.186. The van der Waals surface area contributed by atoms with Crippen molar-refractivity contribution in [3.8, 4) is 5.75 Å². The molecule has 30 heavy (non-hydrogen) atoms. The summed E-state index contributed by atoms with van der Waals surface area (Å²) in [5.74, 6) is -0.223. The SMILES string of the molecule is CC(C)(OC(=O)c1cccc(OC(=O)c2cc(I)cc(I)c2I)c1)C1CCNCC1. The van der Waals surface area contributed by atoms with Gasteiger partial charge >= 0.3 is 11.9 Å². The Morgan fingerprint density at radius 2 is 1.73 bits per heavy atom. The van der Waals surface area contributed by atoms with Gasteiger partial charge in [-0.15, -0.1) is 0 Å². The number of ether oxygens (including phenoxy) is 2. The molecule has 0 aliphatic carbocycles. The fraction of sp³-hybridized carbons (Fsp3) is 0.364. The van der Waals surface area contributed by atoms with Crippen molar-refractivity contribution in [1.82, 2.24) is 5.32 Å². The third kappa shape index (κ3) is 6.06. The monoisotopic (exact) mass is 745 g/mol. The van der Waals surface area contributed by atoms with Gasteiger partial charge in [-0.05, 0) is 138 Å². The molecule has 160 valence electrons. The van der Waals surface area contributed by atoms with Gasteiger partial charge in [0.15, 0.2) is 0 Å². The highest BCUT2D eigenvalue weighted by Crippen LogP contribution is 2.30. The van der Waals surface area contributed by atoms with Crippen molar-refractivity contribution in [2.24, 2.45) is 5.92 Å². The molecule has 0 unspecified atom stereocenters. The van der Waals surface area contributed by atoms with Crippen LogP contribution in [-0.2, 0) is 4.74 Å². The van der Waals surface area contributed by atoms with Crippen LogP contribution in [0, 0.1) is 16.6 Å². The van der Waals surface area contributed by atoms with E-state index in [9.17, 15) is 9.59 Å². The molecule has 8 heteroatoms. The summed E-state index contributed by atoms with van der Waals surface area (Å²) < 4.78 is 14.2. The predicted molar refractivity (Wildman–Crippen MR) is 141 cm³/mol. The first-order valence-electron chi connectivity index (χ1n) is 9.58. The molecule has 0 saturated carbocycles. The van der Waals surface area contributed by atoms with E-state index in [0.29, 0.717) is 22.8 Å². The predicted octanol–water partition coefficient (Wildman–Crippen LogP) is 5.65. The molecular weight excluding hydrogens is 723 g/mol. The van der Waals surface area contributed by atoms with Crippen LogP contribution in [0.15, 0.2) is 36.4 Å². The van der Waals surface area contributed by atoms with Crippen LogP contribution < -0.4 is 10.1 Å². The van der Waals surface area contributed by atoms with Gasteiger partial charge in [0.05, 0.1) is 11.1 Å². The lowest BCUT2D eigenvalue weighted by Gasteiger charge is -2.36. The van der Waals surface area contributed by atoms with E-state index in [1.807, 2.05) is 19.9 Å². The smallest absolute Gasteiger partial charge is 0.344 e. The van der Waals surface area contributed by atoms with E-state index in [0.717, 1.165) is 36.6 Å². The largest absolute Gasteiger partial charge is 0.456 e. The van der Waals surface area contributed by atoms with Gasteiger partial charge in [-0.25, -0.2) is 9.59 Å². The number of hydrogen-bond acceptors (Lipinski definition) is 5. The third-order valence-corrected chi connectivity index (χ3v) is 8.84. The molecule has 0 atom stereocenters. The Bertz CT molecular complexity index is 955. The average Bonchev–Trinajstić information content (AvgIpc) is 2.71. The first kappa shape index (κ1) is 24.2. The van der Waals surface area contributed by atoms with E-state index in [4.69, 9.17) is 9.47 Å². The molecular formula is C22H22I3NO4. The lowest BCUT2D eigenvalue weighted by atomic mass is 9.83. The Morgan fingerprint density at radius 1 is 1.03 bits per heavy atom. The molecule has 3 rings (SSSR count). The number of halogens is 3. The lowest BCUT2D eigenvalue weighted by molar-refractivity contribution is -0.0368. The maximum Gasteiger partial charge on any atom is 0.344 e. The van der Waals surface area contributed by atoms with Crippen molar-refractivity contribution in [3.05, 3.63) is 58.2 Å². The summed E-state index contributed by atoms with van der Waals surface area (Å²) in [6.45, 7) is 5.80. The molecule has 1 aliphatic heterocycles. The maximum absolute atomic E-state index is 12.8. The van der Waals surface area contributed by atoms with Gasteiger partial charge in [0.2, 0.25) is 0 Å². The molecule has 2 aromatic rings. The summed E-state index contributed by atoms with van der Waals surface area (Å²) in [5, 5.41) is 3.33. The fourth-order valence-electron chi connectivity index (χ4n) is 3.45. The minimum Gasteiger partial charge on any atom is -0.456 e. The average molecular weight is 745 g/mol. The summed E-state index contributed by atoms with van der Waals surface area (Å²) in [6, 6.07) is 10.4. The Morgan fingerprint density at radius 3 is 2.43 bits per heavy atom. The summed E-state index contributed by atoms with van der Waals surface area (Å²) in [4.78, 5) is 25.5. The second kappa shape index (κ2) is 10.4. The molecule has 1 N–H and O–H groups in total. The Balaban J connectivity index is 1.73. The van der Waals surface area contributed by atoms with Crippen LogP contribution in [-0.4, -0.2) is 30.6 Å². The summed E-state index contributed by atoms with van der Waals surface area (Å²) in [5.41, 5.74) is 0.320. The van der Waals surface area contributed by atoms with Gasteiger partial charge < -0.3 is 14.8 Å². The first-order chi connectivity index (χ1) is 14.2. The van der Waals surface area contributed by atoms with Crippen molar-refractivity contribution in [3.63, 3.8) is 0 Å². The van der Waals surface area contributed by atoms with Crippen molar-refractivity contribution >= 4 is 79.7 Å². The molecule has 0 spiro atoms. The molecule has 1 fully saturated rings. The van der Waals surface area contributed by atoms with Gasteiger partial charge in [0, 0.05) is 16.6 Å². The highest BCUT2D eigenvalue weighted by Gasteiger charge is 2.34. The molecule has 1 heterocycles. The molecule has 0 amide bonds. The number of esters is 2. The van der Waals surface area contributed by atoms with E-state index in [-0.39, 0.29) is 0 Å². The zero-order valence-corrected chi connectivity index (χ0v) is 23.1. The number of carbonyl (C=O) groups is 2. The number of piperidine rings is 1. The molecule has 5 nitrogen and oxygen atoms in total. The first-order valence-corrected chi connectivity index (χ1v) is 12.8. The minimum atomic E-state index is -0.556. The number of nitrogens with one attached hydrogen (secondary N) is 1. The summed E-state index contributed by atoms with van der Waals surface area (Å²) in [6.07, 6.45) is 1.95. The molecule has 1 aliphatic rings. The number of benzene rings is 2. The lowest BCUT2D eigenvalue weighted by Crippen LogP contribution is -2.42. The van der Waals surface area contributed by atoms with E-state index in [1.165, 1.54) is 0 Å². The van der Waals surface area contributed by atoms with Crippen LogP contribution in [0.2, 0.25) is 0 Å². The van der Waals surface area contributed by atoms with Gasteiger partial charge in [-0.1, -0.05) is 6.07 Å². The van der Waals surface area contributed by atoms with Gasteiger partial charge in [-0.2, -0.15) is 0 Å². The molecule has 0 aromatic heterocycles. The number of carbonyl (C=O) groups excluding carboxylic acids is 2. The van der Waals surface area contributed by atoms with Crippen LogP contribution >= 0.6 is 67.8 Å². The zero-order valence-electron chi connectivity index (χ0n) is 16.6. The van der Waals surface area contributed by atoms with Crippen LogP contribution in [0.1, 0.15) is 47.4 Å². The van der Waals surface area contributed by atoms with Gasteiger partial charge in [0.25, 0.3) is 0 Å². The standard InChI is InChI=1S/C22H22I3NO4/c1-22(2,14-6-8-26-9-7-14)30-20(27)13-4-3-5-16(10-13)29-21(28)17-11-15(23)12-18(24)19(17)25/h3-5,10-12,14,26H,6-9H2,1-2H3. The fourth-order valence-corrected chi connectivity index (χ4v) is 5.83. The number of hydrogen-bond donors (Lipinski definition) is 1. The maximum atomic E-state index is 12.8. The molecule has 1 saturated heterocycles. The van der Waals surface area contributed by atoms with E-state index in [2.05, 4.69) is 73.1 Å². The van der Waals surface area contributed by atoms with Gasteiger partial charge in [0.1, 0.15) is 11.4 Å². The summed E-state index contributed by atoms with van der Waals surface area (Å²) in [7, 11) is 0. The topological polar surface area (TPSA) is 64.6 Å². The molecule has 2 aromatic carbocycles. The third-order valence-electron chi connectivity index (χ3n) is 5.17. The minimum absolute atomic E-state index is 0.314. The van der Waals surface area contributed by atoms with Crippen LogP contribution in [0.4, 0.5) is 0 Å². The van der Waals surface area contributed by atoms with Gasteiger partial charge in [-0.3, -0.25) is 0 Å². The normalized spacial score (nSPS) is 15.0. The summed E-state index contributed by atoms with van der Waals surface area (Å²) >= 11 is 6.52. The van der Waals surface area contributed by atoms with Crippen LogP contribution in [0.3, 0.4) is 0 Å². The van der Waals surface area contributed by atoms with E-state index >= 15 is 0 Å². The highest BCUT2D eigenvalue weighted by atomic mass is 127. The van der Waals surface area contributed by atoms with Crippen molar-refractivity contribution in [2.75, 3.05) is 13.1 Å². The second-order valence-corrected chi connectivity index (χ2v) is 11.2. The second-order valence-electron chi connectivity index (χ2n) is 7.68. The highest BCUT2D eigenvalue weighted by molar-refractivity contribution is 14.1. The Labute approximate surface area is 217 Å². The van der Waals surface area contributed by atoms with E-state index < -0.39 is 17.5 Å². The van der Waals surface area contributed by atoms with Crippen molar-refractivity contribution < 1.29 is 19.1 Å². The molecule has 0 radical (unpaired) electrons. The zero-order chi connectivity index (χ0) is 21.9. The van der Waals surface area contributed by atoms with Crippen molar-refractivity contribution in [2.45, 2.75) is 32.3 Å². The Kier molecular flexibility index (Phi) is 8.41. The van der Waals surface area contributed by atoms with E-state index in [1.54, 1.807) is 30.3 Å². The van der Waals surface area contributed by atoms with Crippen molar-refractivity contribution in [1.29, 1.82) is 0 Å². The molecule has 0 bridgehead atoms. The Hall–Kier alpha value is -0.470. The van der Waals surface area contributed by atoms with Crippen LogP contribution in [0.25, 0.3) is 0 Å². The number of rotatable bonds is 5. The van der Waals surface area contributed by atoms with Crippen LogP contribution in [0.5, 0.6) is 5.75 Å².